The molecule has 0 aliphatic rings. The van der Waals surface area contributed by atoms with Gasteiger partial charge >= 0.3 is 0 Å². The Morgan fingerprint density at radius 2 is 1.83 bits per heavy atom. The fraction of sp³-hybridized carbons (Fsp3) is 0.533. The highest BCUT2D eigenvalue weighted by molar-refractivity contribution is 5.92. The number of rotatable bonds is 5. The van der Waals surface area contributed by atoms with E-state index in [1.165, 1.54) is 0 Å². The Kier molecular flexibility index (Phi) is 5.35. The molecule has 3 heteroatoms. The van der Waals surface area contributed by atoms with Crippen molar-refractivity contribution in [2.75, 3.05) is 18.4 Å². The molecule has 2 N–H and O–H groups in total. The van der Waals surface area contributed by atoms with E-state index in [4.69, 9.17) is 0 Å². The van der Waals surface area contributed by atoms with Gasteiger partial charge in [0.15, 0.2) is 0 Å². The summed E-state index contributed by atoms with van der Waals surface area (Å²) in [6.07, 6.45) is 0. The molecule has 0 aliphatic heterocycles. The van der Waals surface area contributed by atoms with E-state index >= 15 is 0 Å². The van der Waals surface area contributed by atoms with Gasteiger partial charge in [-0.1, -0.05) is 45.9 Å². The number of carbonyl (C=O) groups excluding carboxylic acids is 1. The van der Waals surface area contributed by atoms with Crippen LogP contribution in [0, 0.1) is 11.3 Å². The van der Waals surface area contributed by atoms with E-state index in [2.05, 4.69) is 38.3 Å². The highest BCUT2D eigenvalue weighted by Gasteiger charge is 2.19. The van der Waals surface area contributed by atoms with Crippen LogP contribution >= 0.6 is 0 Å². The third kappa shape index (κ3) is 5.32. The van der Waals surface area contributed by atoms with Gasteiger partial charge in [-0.15, -0.1) is 0 Å². The van der Waals surface area contributed by atoms with Crippen LogP contribution in [0.2, 0.25) is 0 Å². The second kappa shape index (κ2) is 6.55. The first-order valence-electron chi connectivity index (χ1n) is 6.45. The molecule has 1 rings (SSSR count). The number of para-hydroxylation sites is 1. The first-order valence-corrected chi connectivity index (χ1v) is 6.45. The Morgan fingerprint density at radius 1 is 1.22 bits per heavy atom. The Hall–Kier alpha value is -1.35. The molecule has 0 saturated carbocycles. The molecule has 0 radical (unpaired) electrons. The van der Waals surface area contributed by atoms with Crippen LogP contribution in [0.15, 0.2) is 30.3 Å². The summed E-state index contributed by atoms with van der Waals surface area (Å²) in [6.45, 7) is 10.0. The van der Waals surface area contributed by atoms with E-state index in [9.17, 15) is 4.79 Å². The predicted molar refractivity (Wildman–Crippen MR) is 76.6 cm³/mol. The standard InChI is InChI=1S/C15H24N2O/c1-12(15(2,3)4)10-16-11-14(18)17-13-8-6-5-7-9-13/h5-9,12,16H,10-11H2,1-4H3,(H,17,18). The number of amides is 1. The van der Waals surface area contributed by atoms with Crippen molar-refractivity contribution in [3.05, 3.63) is 30.3 Å². The lowest BCUT2D eigenvalue weighted by atomic mass is 9.82. The normalized spacial score (nSPS) is 13.1. The highest BCUT2D eigenvalue weighted by atomic mass is 16.1. The molecule has 1 aromatic carbocycles. The third-order valence-corrected chi connectivity index (χ3v) is 3.27. The van der Waals surface area contributed by atoms with E-state index in [1.54, 1.807) is 0 Å². The van der Waals surface area contributed by atoms with E-state index in [-0.39, 0.29) is 11.3 Å². The Labute approximate surface area is 110 Å². The Bertz CT molecular complexity index is 368. The van der Waals surface area contributed by atoms with Crippen LogP contribution in [0.5, 0.6) is 0 Å². The summed E-state index contributed by atoms with van der Waals surface area (Å²) in [5.74, 6) is 0.532. The van der Waals surface area contributed by atoms with E-state index in [1.807, 2.05) is 30.3 Å². The molecule has 0 aromatic heterocycles. The molecular formula is C15H24N2O. The van der Waals surface area contributed by atoms with Gasteiger partial charge in [0.2, 0.25) is 5.91 Å². The van der Waals surface area contributed by atoms with Crippen LogP contribution in [-0.2, 0) is 4.79 Å². The van der Waals surface area contributed by atoms with Gasteiger partial charge in [-0.3, -0.25) is 4.79 Å². The fourth-order valence-corrected chi connectivity index (χ4v) is 1.44. The number of benzene rings is 1. The molecule has 1 aromatic rings. The monoisotopic (exact) mass is 248 g/mol. The zero-order valence-electron chi connectivity index (χ0n) is 11.8. The van der Waals surface area contributed by atoms with Crippen molar-refractivity contribution >= 4 is 11.6 Å². The molecular weight excluding hydrogens is 224 g/mol. The van der Waals surface area contributed by atoms with E-state index in [0.29, 0.717) is 12.5 Å². The highest BCUT2D eigenvalue weighted by Crippen LogP contribution is 2.24. The summed E-state index contributed by atoms with van der Waals surface area (Å²) in [7, 11) is 0. The minimum absolute atomic E-state index is 0.00214. The van der Waals surface area contributed by atoms with Crippen molar-refractivity contribution in [1.29, 1.82) is 0 Å². The second-order valence-electron chi connectivity index (χ2n) is 5.81. The molecule has 0 heterocycles. The molecule has 18 heavy (non-hydrogen) atoms. The summed E-state index contributed by atoms with van der Waals surface area (Å²) < 4.78 is 0. The maximum absolute atomic E-state index is 11.7. The molecule has 0 aliphatic carbocycles. The number of hydrogen-bond donors (Lipinski definition) is 2. The van der Waals surface area contributed by atoms with Crippen LogP contribution in [0.4, 0.5) is 5.69 Å². The predicted octanol–water partition coefficient (Wildman–Crippen LogP) is 2.90. The maximum atomic E-state index is 11.7. The quantitative estimate of drug-likeness (QED) is 0.841. The topological polar surface area (TPSA) is 41.1 Å². The Morgan fingerprint density at radius 3 is 2.39 bits per heavy atom. The molecule has 0 bridgehead atoms. The van der Waals surface area contributed by atoms with Gasteiger partial charge in [0.05, 0.1) is 6.54 Å². The van der Waals surface area contributed by atoms with Gasteiger partial charge in [0.25, 0.3) is 0 Å². The summed E-state index contributed by atoms with van der Waals surface area (Å²) in [5, 5.41) is 6.05. The Balaban J connectivity index is 2.26. The third-order valence-electron chi connectivity index (χ3n) is 3.27. The maximum Gasteiger partial charge on any atom is 0.238 e. The fourth-order valence-electron chi connectivity index (χ4n) is 1.44. The zero-order valence-corrected chi connectivity index (χ0v) is 11.8. The summed E-state index contributed by atoms with van der Waals surface area (Å²) in [6, 6.07) is 9.51. The number of anilines is 1. The molecule has 3 nitrogen and oxygen atoms in total. The van der Waals surface area contributed by atoms with Gasteiger partial charge in [0.1, 0.15) is 0 Å². The van der Waals surface area contributed by atoms with Gasteiger partial charge in [-0.2, -0.15) is 0 Å². The van der Waals surface area contributed by atoms with Crippen molar-refractivity contribution in [1.82, 2.24) is 5.32 Å². The van der Waals surface area contributed by atoms with Crippen molar-refractivity contribution in [3.63, 3.8) is 0 Å². The van der Waals surface area contributed by atoms with Crippen LogP contribution in [-0.4, -0.2) is 19.0 Å². The van der Waals surface area contributed by atoms with Crippen molar-refractivity contribution in [2.45, 2.75) is 27.7 Å². The molecule has 1 unspecified atom stereocenters. The lowest BCUT2D eigenvalue weighted by Gasteiger charge is -2.27. The van der Waals surface area contributed by atoms with Gasteiger partial charge < -0.3 is 10.6 Å². The molecule has 0 spiro atoms. The second-order valence-corrected chi connectivity index (χ2v) is 5.81. The van der Waals surface area contributed by atoms with E-state index < -0.39 is 0 Å². The van der Waals surface area contributed by atoms with E-state index in [0.717, 1.165) is 12.2 Å². The van der Waals surface area contributed by atoms with Crippen LogP contribution in [0.3, 0.4) is 0 Å². The molecule has 0 saturated heterocycles. The molecule has 1 amide bonds. The van der Waals surface area contributed by atoms with Gasteiger partial charge in [-0.25, -0.2) is 0 Å². The lowest BCUT2D eigenvalue weighted by molar-refractivity contribution is -0.115. The molecule has 100 valence electrons. The van der Waals surface area contributed by atoms with Crippen LogP contribution < -0.4 is 10.6 Å². The van der Waals surface area contributed by atoms with Crippen LogP contribution in [0.25, 0.3) is 0 Å². The average Bonchev–Trinajstić information content (AvgIpc) is 2.28. The number of nitrogens with one attached hydrogen (secondary N) is 2. The number of hydrogen-bond acceptors (Lipinski definition) is 2. The first-order chi connectivity index (χ1) is 8.39. The van der Waals surface area contributed by atoms with Crippen LogP contribution in [0.1, 0.15) is 27.7 Å². The largest absolute Gasteiger partial charge is 0.325 e. The first kappa shape index (κ1) is 14.7. The summed E-state index contributed by atoms with van der Waals surface area (Å²) in [4.78, 5) is 11.7. The minimum atomic E-state index is 0.00214. The van der Waals surface area contributed by atoms with Crippen molar-refractivity contribution in [2.24, 2.45) is 11.3 Å². The number of carbonyl (C=O) groups is 1. The molecule has 1 atom stereocenters. The lowest BCUT2D eigenvalue weighted by Crippen LogP contribution is -2.34. The molecule has 0 fully saturated rings. The minimum Gasteiger partial charge on any atom is -0.325 e. The smallest absolute Gasteiger partial charge is 0.238 e. The summed E-state index contributed by atoms with van der Waals surface area (Å²) in [5.41, 5.74) is 1.11. The average molecular weight is 248 g/mol. The van der Waals surface area contributed by atoms with Crippen molar-refractivity contribution < 1.29 is 4.79 Å². The van der Waals surface area contributed by atoms with Crippen molar-refractivity contribution in [3.8, 4) is 0 Å². The van der Waals surface area contributed by atoms with Gasteiger partial charge in [-0.05, 0) is 30.0 Å². The van der Waals surface area contributed by atoms with Gasteiger partial charge in [0, 0.05) is 5.69 Å². The summed E-state index contributed by atoms with van der Waals surface area (Å²) >= 11 is 0. The SMILES string of the molecule is CC(CNCC(=O)Nc1ccccc1)C(C)(C)C. The zero-order chi connectivity index (χ0) is 13.6.